The average Bonchev–Trinajstić information content (AvgIpc) is 2.44. The van der Waals surface area contributed by atoms with E-state index in [1.807, 2.05) is 0 Å². The van der Waals surface area contributed by atoms with Crippen LogP contribution in [0.25, 0.3) is 0 Å². The minimum atomic E-state index is -0.177. The highest BCUT2D eigenvalue weighted by Crippen LogP contribution is 2.31. The van der Waals surface area contributed by atoms with E-state index in [1.165, 1.54) is 0 Å². The molecule has 0 aliphatic heterocycles. The summed E-state index contributed by atoms with van der Waals surface area (Å²) in [7, 11) is 0. The molecule has 0 heterocycles. The number of halogens is 1. The van der Waals surface area contributed by atoms with Crippen molar-refractivity contribution in [2.75, 3.05) is 4.84 Å². The molecule has 3 rings (SSSR count). The smallest absolute Gasteiger partial charge is 0.196 e. The van der Waals surface area contributed by atoms with Gasteiger partial charge in [0.15, 0.2) is 11.6 Å². The Morgan fingerprint density at radius 3 is 2.06 bits per heavy atom. The van der Waals surface area contributed by atoms with Gasteiger partial charge in [-0.2, -0.15) is 0 Å². The molecule has 2 aromatic carbocycles. The predicted molar refractivity (Wildman–Crippen MR) is 69.2 cm³/mol. The first-order valence-corrected chi connectivity index (χ1v) is 5.80. The Bertz CT molecular complexity index is 679. The third-order valence-electron chi connectivity index (χ3n) is 3.05. The van der Waals surface area contributed by atoms with E-state index >= 15 is 0 Å². The van der Waals surface area contributed by atoms with Gasteiger partial charge < -0.3 is 0 Å². The lowest BCUT2D eigenvalue weighted by atomic mass is 9.83. The number of nitrogens with one attached hydrogen (secondary N) is 1. The molecule has 0 aromatic heterocycles. The molecule has 2 aromatic rings. The Kier molecular flexibility index (Phi) is 2.42. The Morgan fingerprint density at radius 2 is 1.39 bits per heavy atom. The summed E-state index contributed by atoms with van der Waals surface area (Å²) < 4.78 is 0. The molecule has 4 heteroatoms. The molecule has 0 bridgehead atoms. The minimum Gasteiger partial charge on any atom is -0.298 e. The molecule has 0 radical (unpaired) electrons. The third-order valence-corrected chi connectivity index (χ3v) is 3.26. The molecular formula is C14H8ClNO2. The molecule has 3 nitrogen and oxygen atoms in total. The number of carbonyl (C=O) groups excluding carboxylic acids is 2. The zero-order valence-corrected chi connectivity index (χ0v) is 9.99. The van der Waals surface area contributed by atoms with E-state index in [0.717, 1.165) is 0 Å². The van der Waals surface area contributed by atoms with Gasteiger partial charge in [-0.3, -0.25) is 14.4 Å². The van der Waals surface area contributed by atoms with Crippen molar-refractivity contribution in [2.24, 2.45) is 0 Å². The van der Waals surface area contributed by atoms with Gasteiger partial charge in [0.25, 0.3) is 0 Å². The number of ketones is 2. The number of rotatable bonds is 1. The van der Waals surface area contributed by atoms with E-state index in [2.05, 4.69) is 4.84 Å². The van der Waals surface area contributed by atoms with Gasteiger partial charge >= 0.3 is 0 Å². The monoisotopic (exact) mass is 257 g/mol. The van der Waals surface area contributed by atoms with Gasteiger partial charge in [0.1, 0.15) is 0 Å². The summed E-state index contributed by atoms with van der Waals surface area (Å²) in [6.45, 7) is 0. The third kappa shape index (κ3) is 1.38. The molecule has 18 heavy (non-hydrogen) atoms. The summed E-state index contributed by atoms with van der Waals surface area (Å²) in [5, 5.41) is 0. The zero-order valence-electron chi connectivity index (χ0n) is 9.24. The fourth-order valence-corrected chi connectivity index (χ4v) is 2.38. The second-order valence-electron chi connectivity index (χ2n) is 4.03. The van der Waals surface area contributed by atoms with Crippen molar-refractivity contribution in [2.45, 2.75) is 0 Å². The maximum atomic E-state index is 12.4. The van der Waals surface area contributed by atoms with Crippen LogP contribution in [0.15, 0.2) is 42.5 Å². The molecule has 0 saturated heterocycles. The number of anilines is 1. The van der Waals surface area contributed by atoms with Crippen LogP contribution in [0.5, 0.6) is 0 Å². The highest BCUT2D eigenvalue weighted by atomic mass is 35.5. The fourth-order valence-electron chi connectivity index (χ4n) is 2.22. The van der Waals surface area contributed by atoms with Gasteiger partial charge in [0.05, 0.1) is 11.3 Å². The quantitative estimate of drug-likeness (QED) is 0.682. The summed E-state index contributed by atoms with van der Waals surface area (Å²) in [6.07, 6.45) is 0. The van der Waals surface area contributed by atoms with Crippen LogP contribution in [0.1, 0.15) is 31.8 Å². The summed E-state index contributed by atoms with van der Waals surface area (Å²) in [5.41, 5.74) is 2.07. The number of hydrogen-bond donors (Lipinski definition) is 1. The summed E-state index contributed by atoms with van der Waals surface area (Å²) in [6, 6.07) is 11.8. The molecule has 0 fully saturated rings. The second kappa shape index (κ2) is 3.96. The van der Waals surface area contributed by atoms with Crippen molar-refractivity contribution >= 4 is 29.0 Å². The summed E-state index contributed by atoms with van der Waals surface area (Å²) in [5.74, 6) is -0.321. The van der Waals surface area contributed by atoms with E-state index in [0.29, 0.717) is 27.9 Å². The van der Waals surface area contributed by atoms with Crippen molar-refractivity contribution in [3.63, 3.8) is 0 Å². The van der Waals surface area contributed by atoms with Gasteiger partial charge in [0.2, 0.25) is 0 Å². The topological polar surface area (TPSA) is 46.2 Å². The number of benzene rings is 2. The van der Waals surface area contributed by atoms with Crippen molar-refractivity contribution < 1.29 is 9.59 Å². The molecule has 0 saturated carbocycles. The first-order chi connectivity index (χ1) is 8.74. The highest BCUT2D eigenvalue weighted by Gasteiger charge is 2.30. The molecule has 0 amide bonds. The van der Waals surface area contributed by atoms with Crippen LogP contribution < -0.4 is 4.84 Å². The Labute approximate surface area is 109 Å². The first-order valence-electron chi connectivity index (χ1n) is 5.42. The largest absolute Gasteiger partial charge is 0.298 e. The zero-order chi connectivity index (χ0) is 12.7. The first kappa shape index (κ1) is 11.0. The van der Waals surface area contributed by atoms with Crippen LogP contribution in [-0.2, 0) is 0 Å². The molecule has 0 spiro atoms. The molecule has 0 atom stereocenters. The summed E-state index contributed by atoms with van der Waals surface area (Å²) >= 11 is 5.59. The normalized spacial score (nSPS) is 12.9. The van der Waals surface area contributed by atoms with Gasteiger partial charge in [-0.25, -0.2) is 0 Å². The Balaban J connectivity index is 2.34. The van der Waals surface area contributed by atoms with E-state index < -0.39 is 0 Å². The van der Waals surface area contributed by atoms with Gasteiger partial charge in [-0.05, 0) is 6.07 Å². The van der Waals surface area contributed by atoms with Gasteiger partial charge in [0, 0.05) is 28.5 Å². The van der Waals surface area contributed by atoms with Crippen molar-refractivity contribution in [1.29, 1.82) is 0 Å². The molecule has 88 valence electrons. The van der Waals surface area contributed by atoms with Crippen molar-refractivity contribution in [1.82, 2.24) is 0 Å². The SMILES string of the molecule is O=C1c2ccccc2C(=O)c2c(NCl)cccc21. The van der Waals surface area contributed by atoms with E-state index in [9.17, 15) is 9.59 Å². The standard InChI is InChI=1S/C14H8ClNO2/c15-16-11-7-3-6-10-12(11)14(18)9-5-2-1-4-8(9)13(10)17/h1-7,16H. The van der Waals surface area contributed by atoms with Crippen LogP contribution in [0.3, 0.4) is 0 Å². The van der Waals surface area contributed by atoms with Gasteiger partial charge in [-0.1, -0.05) is 36.4 Å². The lowest BCUT2D eigenvalue weighted by Gasteiger charge is -2.19. The van der Waals surface area contributed by atoms with Crippen LogP contribution in [-0.4, -0.2) is 11.6 Å². The average molecular weight is 258 g/mol. The van der Waals surface area contributed by atoms with E-state index in [-0.39, 0.29) is 11.6 Å². The Morgan fingerprint density at radius 1 is 0.778 bits per heavy atom. The minimum absolute atomic E-state index is 0.144. The molecule has 1 aliphatic carbocycles. The molecule has 1 N–H and O–H groups in total. The van der Waals surface area contributed by atoms with E-state index in [4.69, 9.17) is 11.8 Å². The van der Waals surface area contributed by atoms with Crippen LogP contribution >= 0.6 is 11.8 Å². The highest BCUT2D eigenvalue weighted by molar-refractivity contribution is 6.32. The molecular weight excluding hydrogens is 250 g/mol. The van der Waals surface area contributed by atoms with Crippen LogP contribution in [0.2, 0.25) is 0 Å². The maximum Gasteiger partial charge on any atom is 0.196 e. The number of carbonyl (C=O) groups is 2. The predicted octanol–water partition coefficient (Wildman–Crippen LogP) is 3.03. The van der Waals surface area contributed by atoms with Gasteiger partial charge in [-0.15, -0.1) is 0 Å². The van der Waals surface area contributed by atoms with Crippen molar-refractivity contribution in [3.8, 4) is 0 Å². The van der Waals surface area contributed by atoms with Crippen molar-refractivity contribution in [3.05, 3.63) is 64.7 Å². The molecule has 1 aliphatic rings. The number of fused-ring (bicyclic) bond motifs is 2. The number of hydrogen-bond acceptors (Lipinski definition) is 3. The second-order valence-corrected chi connectivity index (χ2v) is 4.22. The van der Waals surface area contributed by atoms with Crippen LogP contribution in [0, 0.1) is 0 Å². The fraction of sp³-hybridized carbons (Fsp3) is 0. The Hall–Kier alpha value is -2.13. The summed E-state index contributed by atoms with van der Waals surface area (Å²) in [4.78, 5) is 27.1. The van der Waals surface area contributed by atoms with Crippen LogP contribution in [0.4, 0.5) is 5.69 Å². The molecule has 0 unspecified atom stereocenters. The van der Waals surface area contributed by atoms with E-state index in [1.54, 1.807) is 42.5 Å². The maximum absolute atomic E-state index is 12.4. The lowest BCUT2D eigenvalue weighted by Crippen LogP contribution is -2.21. The lowest BCUT2D eigenvalue weighted by molar-refractivity contribution is 0.0979.